The summed E-state index contributed by atoms with van der Waals surface area (Å²) in [6.45, 7) is 4.34. The number of hydrogen-bond acceptors (Lipinski definition) is 5. The molecule has 1 aliphatic rings. The summed E-state index contributed by atoms with van der Waals surface area (Å²) < 4.78 is 31.5. The Kier molecular flexibility index (Phi) is 7.52. The number of nitrogens with zero attached hydrogens (tertiary/aromatic N) is 1. The second kappa shape index (κ2) is 10.1. The van der Waals surface area contributed by atoms with Crippen LogP contribution < -0.4 is 14.9 Å². The Morgan fingerprint density at radius 1 is 1.16 bits per heavy atom. The molecule has 2 amide bonds. The molecule has 0 aromatic heterocycles. The van der Waals surface area contributed by atoms with E-state index in [0.29, 0.717) is 30.1 Å². The third-order valence-electron chi connectivity index (χ3n) is 5.28. The number of nitrogens with one attached hydrogen (secondary N) is 2. The van der Waals surface area contributed by atoms with Crippen molar-refractivity contribution in [3.05, 3.63) is 59.2 Å². The fraction of sp³-hybridized carbons (Fsp3) is 0.391. The van der Waals surface area contributed by atoms with Crippen LogP contribution in [0.15, 0.2) is 42.5 Å². The highest BCUT2D eigenvalue weighted by molar-refractivity contribution is 7.92. The summed E-state index contributed by atoms with van der Waals surface area (Å²) in [5.74, 6) is -0.874. The van der Waals surface area contributed by atoms with Gasteiger partial charge in [0.2, 0.25) is 15.9 Å². The standard InChI is InChI=1S/C23H29N3O5S/c1-16-10-11-17(2)21(13-16)26(32(3,29)30)15-22(27)25-20-9-5-4-8-19(20)23(28)24-14-18-7-6-12-31-18/h4-5,8-11,13,18H,6-7,12,14-15H2,1-3H3,(H,24,28)(H,25,27)/t18-/m1/s1. The Bertz CT molecular complexity index is 1090. The van der Waals surface area contributed by atoms with Gasteiger partial charge < -0.3 is 15.4 Å². The Balaban J connectivity index is 1.74. The Morgan fingerprint density at radius 3 is 2.59 bits per heavy atom. The molecule has 0 spiro atoms. The lowest BCUT2D eigenvalue weighted by molar-refractivity contribution is -0.114. The van der Waals surface area contributed by atoms with E-state index >= 15 is 0 Å². The Morgan fingerprint density at radius 2 is 1.91 bits per heavy atom. The molecule has 1 fully saturated rings. The van der Waals surface area contributed by atoms with Crippen LogP contribution in [0.5, 0.6) is 0 Å². The van der Waals surface area contributed by atoms with Crippen molar-refractivity contribution in [2.75, 3.05) is 35.6 Å². The maximum Gasteiger partial charge on any atom is 0.253 e. The minimum Gasteiger partial charge on any atom is -0.376 e. The largest absolute Gasteiger partial charge is 0.376 e. The first-order chi connectivity index (χ1) is 15.1. The average molecular weight is 460 g/mol. The first-order valence-electron chi connectivity index (χ1n) is 10.5. The van der Waals surface area contributed by atoms with Crippen molar-refractivity contribution in [1.29, 1.82) is 0 Å². The molecule has 1 aliphatic heterocycles. The van der Waals surface area contributed by atoms with E-state index < -0.39 is 22.5 Å². The summed E-state index contributed by atoms with van der Waals surface area (Å²) in [5, 5.41) is 5.53. The third-order valence-corrected chi connectivity index (χ3v) is 6.41. The number of aryl methyl sites for hydroxylation is 2. The molecule has 32 heavy (non-hydrogen) atoms. The lowest BCUT2D eigenvalue weighted by atomic mass is 10.1. The highest BCUT2D eigenvalue weighted by atomic mass is 32.2. The van der Waals surface area contributed by atoms with Crippen LogP contribution in [-0.2, 0) is 19.6 Å². The molecule has 0 unspecified atom stereocenters. The lowest BCUT2D eigenvalue weighted by Gasteiger charge is -2.24. The predicted molar refractivity (Wildman–Crippen MR) is 124 cm³/mol. The maximum atomic E-state index is 12.8. The fourth-order valence-electron chi connectivity index (χ4n) is 3.59. The van der Waals surface area contributed by atoms with E-state index in [4.69, 9.17) is 4.74 Å². The van der Waals surface area contributed by atoms with Crippen LogP contribution in [0.4, 0.5) is 11.4 Å². The van der Waals surface area contributed by atoms with Gasteiger partial charge in [-0.1, -0.05) is 24.3 Å². The van der Waals surface area contributed by atoms with E-state index in [1.807, 2.05) is 19.1 Å². The van der Waals surface area contributed by atoms with Crippen LogP contribution >= 0.6 is 0 Å². The van der Waals surface area contributed by atoms with E-state index in [1.165, 1.54) is 0 Å². The normalized spacial score (nSPS) is 15.9. The van der Waals surface area contributed by atoms with Gasteiger partial charge in [0.05, 0.1) is 29.3 Å². The third kappa shape index (κ3) is 6.08. The maximum absolute atomic E-state index is 12.8. The summed E-state index contributed by atoms with van der Waals surface area (Å²) in [5.41, 5.74) is 2.69. The van der Waals surface area contributed by atoms with Crippen LogP contribution in [-0.4, -0.2) is 52.3 Å². The quantitative estimate of drug-likeness (QED) is 0.631. The lowest BCUT2D eigenvalue weighted by Crippen LogP contribution is -2.38. The molecular formula is C23H29N3O5S. The van der Waals surface area contributed by atoms with Crippen LogP contribution in [0, 0.1) is 13.8 Å². The fourth-order valence-corrected chi connectivity index (χ4v) is 4.49. The van der Waals surface area contributed by atoms with Gasteiger partial charge in [0.1, 0.15) is 6.54 Å². The molecule has 1 saturated heterocycles. The van der Waals surface area contributed by atoms with Crippen molar-refractivity contribution >= 4 is 33.2 Å². The molecule has 1 atom stereocenters. The summed E-state index contributed by atoms with van der Waals surface area (Å²) in [7, 11) is -3.71. The minimum absolute atomic E-state index is 0.00147. The second-order valence-electron chi connectivity index (χ2n) is 8.00. The number of para-hydroxylation sites is 1. The second-order valence-corrected chi connectivity index (χ2v) is 9.91. The van der Waals surface area contributed by atoms with Gasteiger partial charge in [-0.2, -0.15) is 0 Å². The molecule has 0 saturated carbocycles. The number of hydrogen-bond donors (Lipinski definition) is 2. The van der Waals surface area contributed by atoms with E-state index in [0.717, 1.165) is 34.5 Å². The molecule has 172 valence electrons. The highest BCUT2D eigenvalue weighted by Gasteiger charge is 2.24. The predicted octanol–water partition coefficient (Wildman–Crippen LogP) is 2.62. The first-order valence-corrected chi connectivity index (χ1v) is 12.3. The number of ether oxygens (including phenoxy) is 1. The van der Waals surface area contributed by atoms with Crippen LogP contribution in [0.1, 0.15) is 34.3 Å². The average Bonchev–Trinajstić information content (AvgIpc) is 3.25. The zero-order valence-electron chi connectivity index (χ0n) is 18.6. The SMILES string of the molecule is Cc1ccc(C)c(N(CC(=O)Nc2ccccc2C(=O)NC[C@H]2CCCO2)S(C)(=O)=O)c1. The van der Waals surface area contributed by atoms with Crippen LogP contribution in [0.2, 0.25) is 0 Å². The zero-order valence-corrected chi connectivity index (χ0v) is 19.4. The number of carbonyl (C=O) groups is 2. The minimum atomic E-state index is -3.71. The van der Waals surface area contributed by atoms with Gasteiger partial charge in [0.15, 0.2) is 0 Å². The van der Waals surface area contributed by atoms with Crippen molar-refractivity contribution in [3.63, 3.8) is 0 Å². The molecule has 0 radical (unpaired) electrons. The van der Waals surface area contributed by atoms with Gasteiger partial charge in [0, 0.05) is 13.2 Å². The zero-order chi connectivity index (χ0) is 23.3. The number of sulfonamides is 1. The smallest absolute Gasteiger partial charge is 0.253 e. The van der Waals surface area contributed by atoms with Crippen molar-refractivity contribution in [1.82, 2.24) is 5.32 Å². The van der Waals surface area contributed by atoms with E-state index in [-0.39, 0.29) is 12.0 Å². The van der Waals surface area contributed by atoms with Gasteiger partial charge in [-0.25, -0.2) is 8.42 Å². The number of rotatable bonds is 8. The summed E-state index contributed by atoms with van der Waals surface area (Å²) in [4.78, 5) is 25.5. The molecule has 2 N–H and O–H groups in total. The Hall–Kier alpha value is -2.91. The van der Waals surface area contributed by atoms with E-state index in [9.17, 15) is 18.0 Å². The molecule has 2 aromatic carbocycles. The summed E-state index contributed by atoms with van der Waals surface area (Å²) >= 11 is 0. The summed E-state index contributed by atoms with van der Waals surface area (Å²) in [6, 6.07) is 12.1. The molecule has 0 aliphatic carbocycles. The monoisotopic (exact) mass is 459 g/mol. The number of amides is 2. The molecule has 9 heteroatoms. The number of anilines is 2. The summed E-state index contributed by atoms with van der Waals surface area (Å²) in [6.07, 6.45) is 2.94. The van der Waals surface area contributed by atoms with Crippen molar-refractivity contribution in [3.8, 4) is 0 Å². The number of benzene rings is 2. The van der Waals surface area contributed by atoms with E-state index in [2.05, 4.69) is 10.6 Å². The first kappa shape index (κ1) is 23.7. The Labute approximate surface area is 189 Å². The molecule has 1 heterocycles. The molecule has 2 aromatic rings. The van der Waals surface area contributed by atoms with Gasteiger partial charge in [-0.05, 0) is 56.0 Å². The van der Waals surface area contributed by atoms with Gasteiger partial charge in [-0.15, -0.1) is 0 Å². The van der Waals surface area contributed by atoms with Crippen molar-refractivity contribution in [2.24, 2.45) is 0 Å². The van der Waals surface area contributed by atoms with E-state index in [1.54, 1.807) is 37.3 Å². The topological polar surface area (TPSA) is 105 Å². The molecule has 0 bridgehead atoms. The molecule has 8 nitrogen and oxygen atoms in total. The van der Waals surface area contributed by atoms with Gasteiger partial charge in [-0.3, -0.25) is 13.9 Å². The van der Waals surface area contributed by atoms with Crippen LogP contribution in [0.3, 0.4) is 0 Å². The van der Waals surface area contributed by atoms with Crippen LogP contribution in [0.25, 0.3) is 0 Å². The van der Waals surface area contributed by atoms with Gasteiger partial charge in [0.25, 0.3) is 5.91 Å². The van der Waals surface area contributed by atoms with Crippen molar-refractivity contribution in [2.45, 2.75) is 32.8 Å². The highest BCUT2D eigenvalue weighted by Crippen LogP contribution is 2.24. The number of carbonyl (C=O) groups excluding carboxylic acids is 2. The van der Waals surface area contributed by atoms with Crippen molar-refractivity contribution < 1.29 is 22.7 Å². The molecular weight excluding hydrogens is 430 g/mol. The van der Waals surface area contributed by atoms with Gasteiger partial charge >= 0.3 is 0 Å². The molecule has 3 rings (SSSR count).